The lowest BCUT2D eigenvalue weighted by molar-refractivity contribution is 0.163. The van der Waals surface area contributed by atoms with E-state index in [2.05, 4.69) is 0 Å². The molecule has 0 spiro atoms. The number of halogens is 3. The molecule has 0 heterocycles. The second kappa shape index (κ2) is 3.08. The molecule has 0 aromatic rings. The predicted molar refractivity (Wildman–Crippen MR) is 32.8 cm³/mol. The highest BCUT2D eigenvalue weighted by Crippen LogP contribution is 2.22. The summed E-state index contributed by atoms with van der Waals surface area (Å²) in [6.45, 7) is 0. The van der Waals surface area contributed by atoms with Gasteiger partial charge in [-0.3, -0.25) is 0 Å². The number of rotatable bonds is 0. The summed E-state index contributed by atoms with van der Waals surface area (Å²) in [6, 6.07) is 0. The van der Waals surface area contributed by atoms with E-state index in [4.69, 9.17) is 0 Å². The lowest BCUT2D eigenvalue weighted by atomic mass is 10.1. The first-order valence-corrected chi connectivity index (χ1v) is 3.33. The molecule has 0 N–H and O–H groups in total. The van der Waals surface area contributed by atoms with Gasteiger partial charge in [0.05, 0.1) is 5.83 Å². The molecule has 3 heteroatoms. The van der Waals surface area contributed by atoms with Crippen molar-refractivity contribution in [2.24, 2.45) is 0 Å². The Hall–Kier alpha value is -0.470. The van der Waals surface area contributed by atoms with Crippen LogP contribution in [0, 0.1) is 0 Å². The number of alkyl halides is 2. The molecule has 0 nitrogen and oxygen atoms in total. The highest BCUT2D eigenvalue weighted by atomic mass is 19.2. The standard InChI is InChI=1S/C7H9F3/c8-5-1-3-6(9)7(10)4-2-5/h1,6-7H,2-4H2. The van der Waals surface area contributed by atoms with Crippen molar-refractivity contribution in [2.45, 2.75) is 31.6 Å². The first kappa shape index (κ1) is 7.63. The van der Waals surface area contributed by atoms with E-state index in [1.165, 1.54) is 0 Å². The Morgan fingerprint density at radius 2 is 2.00 bits per heavy atom. The Balaban J connectivity index is 2.52. The van der Waals surface area contributed by atoms with Crippen molar-refractivity contribution < 1.29 is 13.2 Å². The van der Waals surface area contributed by atoms with Crippen LogP contribution in [0.2, 0.25) is 0 Å². The summed E-state index contributed by atoms with van der Waals surface area (Å²) in [5.74, 6) is -0.386. The van der Waals surface area contributed by atoms with E-state index >= 15 is 0 Å². The van der Waals surface area contributed by atoms with Crippen LogP contribution in [0.25, 0.3) is 0 Å². The minimum Gasteiger partial charge on any atom is -0.244 e. The molecule has 1 aliphatic carbocycles. The van der Waals surface area contributed by atoms with Crippen LogP contribution in [-0.2, 0) is 0 Å². The Labute approximate surface area is 57.7 Å². The molecule has 0 bridgehead atoms. The normalized spacial score (nSPS) is 34.9. The highest BCUT2D eigenvalue weighted by Gasteiger charge is 2.22. The first-order valence-electron chi connectivity index (χ1n) is 3.33. The highest BCUT2D eigenvalue weighted by molar-refractivity contribution is 4.98. The monoisotopic (exact) mass is 150 g/mol. The van der Waals surface area contributed by atoms with Crippen molar-refractivity contribution >= 4 is 0 Å². The summed E-state index contributed by atoms with van der Waals surface area (Å²) in [7, 11) is 0. The molecule has 58 valence electrons. The molecule has 0 saturated heterocycles. The fourth-order valence-corrected chi connectivity index (χ4v) is 0.947. The average molecular weight is 150 g/mol. The molecule has 0 aromatic carbocycles. The van der Waals surface area contributed by atoms with E-state index in [-0.39, 0.29) is 25.1 Å². The van der Waals surface area contributed by atoms with E-state index in [1.54, 1.807) is 0 Å². The SMILES string of the molecule is FC1=CCC(F)C(F)CC1. The number of hydrogen-bond donors (Lipinski definition) is 0. The maximum absolute atomic E-state index is 12.4. The Kier molecular flexibility index (Phi) is 2.35. The molecule has 0 amide bonds. The van der Waals surface area contributed by atoms with Crippen LogP contribution in [-0.4, -0.2) is 12.3 Å². The lowest BCUT2D eigenvalue weighted by Gasteiger charge is -2.06. The lowest BCUT2D eigenvalue weighted by Crippen LogP contribution is -2.14. The zero-order valence-corrected chi connectivity index (χ0v) is 5.49. The molecule has 1 aliphatic rings. The summed E-state index contributed by atoms with van der Waals surface area (Å²) >= 11 is 0. The zero-order chi connectivity index (χ0) is 7.56. The molecule has 2 atom stereocenters. The molecule has 10 heavy (non-hydrogen) atoms. The third-order valence-electron chi connectivity index (χ3n) is 1.62. The third-order valence-corrected chi connectivity index (χ3v) is 1.62. The molecular weight excluding hydrogens is 141 g/mol. The van der Waals surface area contributed by atoms with Gasteiger partial charge in [-0.1, -0.05) is 0 Å². The van der Waals surface area contributed by atoms with Crippen LogP contribution in [0.4, 0.5) is 13.2 Å². The van der Waals surface area contributed by atoms with Gasteiger partial charge < -0.3 is 0 Å². The molecule has 0 fully saturated rings. The number of hydrogen-bond acceptors (Lipinski definition) is 0. The molecule has 2 unspecified atom stereocenters. The van der Waals surface area contributed by atoms with Crippen molar-refractivity contribution in [2.75, 3.05) is 0 Å². The molecular formula is C7H9F3. The van der Waals surface area contributed by atoms with Crippen LogP contribution in [0.5, 0.6) is 0 Å². The summed E-state index contributed by atoms with van der Waals surface area (Å²) in [6.07, 6.45) is -1.96. The van der Waals surface area contributed by atoms with Gasteiger partial charge in [-0.05, 0) is 12.5 Å². The van der Waals surface area contributed by atoms with Gasteiger partial charge in [0, 0.05) is 12.8 Å². The van der Waals surface area contributed by atoms with Crippen LogP contribution in [0.1, 0.15) is 19.3 Å². The van der Waals surface area contributed by atoms with Gasteiger partial charge in [-0.25, -0.2) is 13.2 Å². The topological polar surface area (TPSA) is 0 Å². The fourth-order valence-electron chi connectivity index (χ4n) is 0.947. The zero-order valence-electron chi connectivity index (χ0n) is 5.49. The summed E-state index contributed by atoms with van der Waals surface area (Å²) in [5.41, 5.74) is 0. The minimum absolute atomic E-state index is 0.0243. The Bertz CT molecular complexity index is 142. The Morgan fingerprint density at radius 3 is 2.70 bits per heavy atom. The second-order valence-electron chi connectivity index (χ2n) is 2.46. The fraction of sp³-hybridized carbons (Fsp3) is 0.714. The van der Waals surface area contributed by atoms with Crippen molar-refractivity contribution in [3.63, 3.8) is 0 Å². The first-order chi connectivity index (χ1) is 4.70. The van der Waals surface area contributed by atoms with Gasteiger partial charge in [-0.15, -0.1) is 0 Å². The largest absolute Gasteiger partial charge is 0.244 e. The minimum atomic E-state index is -1.51. The maximum atomic E-state index is 12.4. The van der Waals surface area contributed by atoms with Crippen molar-refractivity contribution in [1.29, 1.82) is 0 Å². The Morgan fingerprint density at radius 1 is 1.30 bits per heavy atom. The van der Waals surface area contributed by atoms with Crippen LogP contribution >= 0.6 is 0 Å². The van der Waals surface area contributed by atoms with Crippen LogP contribution < -0.4 is 0 Å². The summed E-state index contributed by atoms with van der Waals surface area (Å²) < 4.78 is 37.2. The molecule has 0 radical (unpaired) electrons. The second-order valence-corrected chi connectivity index (χ2v) is 2.46. The van der Waals surface area contributed by atoms with Crippen molar-refractivity contribution in [1.82, 2.24) is 0 Å². The van der Waals surface area contributed by atoms with Crippen LogP contribution in [0.3, 0.4) is 0 Å². The third kappa shape index (κ3) is 1.75. The molecule has 0 aliphatic heterocycles. The smallest absolute Gasteiger partial charge is 0.135 e. The van der Waals surface area contributed by atoms with Gasteiger partial charge in [0.1, 0.15) is 12.3 Å². The van der Waals surface area contributed by atoms with Crippen LogP contribution in [0.15, 0.2) is 11.9 Å². The van der Waals surface area contributed by atoms with Gasteiger partial charge in [0.2, 0.25) is 0 Å². The maximum Gasteiger partial charge on any atom is 0.135 e. The quantitative estimate of drug-likeness (QED) is 0.498. The summed E-state index contributed by atoms with van der Waals surface area (Å²) in [5, 5.41) is 0. The van der Waals surface area contributed by atoms with E-state index in [0.717, 1.165) is 6.08 Å². The van der Waals surface area contributed by atoms with Gasteiger partial charge in [0.15, 0.2) is 0 Å². The van der Waals surface area contributed by atoms with Crippen molar-refractivity contribution in [3.8, 4) is 0 Å². The van der Waals surface area contributed by atoms with E-state index in [9.17, 15) is 13.2 Å². The van der Waals surface area contributed by atoms with E-state index < -0.39 is 12.3 Å². The average Bonchev–Trinajstić information content (AvgIpc) is 2.04. The van der Waals surface area contributed by atoms with Crippen molar-refractivity contribution in [3.05, 3.63) is 11.9 Å². The van der Waals surface area contributed by atoms with E-state index in [1.807, 2.05) is 0 Å². The molecule has 0 aromatic heterocycles. The predicted octanol–water partition coefficient (Wildman–Crippen LogP) is 2.70. The van der Waals surface area contributed by atoms with Gasteiger partial charge >= 0.3 is 0 Å². The summed E-state index contributed by atoms with van der Waals surface area (Å²) in [4.78, 5) is 0. The van der Waals surface area contributed by atoms with E-state index in [0.29, 0.717) is 0 Å². The molecule has 1 rings (SSSR count). The van der Waals surface area contributed by atoms with Gasteiger partial charge in [-0.2, -0.15) is 0 Å². The van der Waals surface area contributed by atoms with Gasteiger partial charge in [0.25, 0.3) is 0 Å². The number of allylic oxidation sites excluding steroid dienone is 2. The molecule has 0 saturated carbocycles.